The first-order valence-corrected chi connectivity index (χ1v) is 6.69. The van der Waals surface area contributed by atoms with Crippen molar-refractivity contribution in [2.24, 2.45) is 5.41 Å². The van der Waals surface area contributed by atoms with E-state index in [-0.39, 0.29) is 11.4 Å². The molecule has 0 aliphatic carbocycles. The van der Waals surface area contributed by atoms with Crippen LogP contribution in [0.25, 0.3) is 0 Å². The first-order valence-electron chi connectivity index (χ1n) is 6.69. The molecule has 0 aliphatic rings. The van der Waals surface area contributed by atoms with E-state index in [1.54, 1.807) is 7.11 Å². The van der Waals surface area contributed by atoms with Gasteiger partial charge in [-0.15, -0.1) is 0 Å². The average Bonchev–Trinajstić information content (AvgIpc) is 2.41. The van der Waals surface area contributed by atoms with Crippen molar-refractivity contribution in [2.75, 3.05) is 26.8 Å². The summed E-state index contributed by atoms with van der Waals surface area (Å²) in [7, 11) is 1.62. The van der Waals surface area contributed by atoms with Crippen molar-refractivity contribution in [1.29, 1.82) is 0 Å². The van der Waals surface area contributed by atoms with Gasteiger partial charge in [0, 0.05) is 6.54 Å². The number of methoxy groups -OCH3 is 1. The molecule has 0 unspecified atom stereocenters. The van der Waals surface area contributed by atoms with Gasteiger partial charge >= 0.3 is 6.03 Å². The number of ether oxygens (including phenoxy) is 2. The molecule has 0 fully saturated rings. The second-order valence-electron chi connectivity index (χ2n) is 5.69. The summed E-state index contributed by atoms with van der Waals surface area (Å²) in [5.74, 6) is 1.54. The smallest absolute Gasteiger partial charge is 0.314 e. The first kappa shape index (κ1) is 16.1. The van der Waals surface area contributed by atoms with E-state index in [9.17, 15) is 4.79 Å². The van der Waals surface area contributed by atoms with Crippen LogP contribution in [0.1, 0.15) is 20.8 Å². The molecule has 112 valence electrons. The number of amides is 2. The Morgan fingerprint density at radius 2 is 1.70 bits per heavy atom. The molecule has 0 aromatic heterocycles. The van der Waals surface area contributed by atoms with Crippen LogP contribution in [0.5, 0.6) is 11.5 Å². The van der Waals surface area contributed by atoms with E-state index in [0.717, 1.165) is 11.5 Å². The van der Waals surface area contributed by atoms with Crippen LogP contribution in [0.15, 0.2) is 24.3 Å². The minimum absolute atomic E-state index is 0.0803. The van der Waals surface area contributed by atoms with Gasteiger partial charge in [-0.25, -0.2) is 4.79 Å². The predicted octanol–water partition coefficient (Wildman–Crippen LogP) is 2.42. The molecule has 1 aromatic rings. The van der Waals surface area contributed by atoms with E-state index < -0.39 is 0 Å². The summed E-state index contributed by atoms with van der Waals surface area (Å²) < 4.78 is 10.6. The third-order valence-electron chi connectivity index (χ3n) is 2.50. The summed E-state index contributed by atoms with van der Waals surface area (Å²) >= 11 is 0. The van der Waals surface area contributed by atoms with Gasteiger partial charge in [0.15, 0.2) is 0 Å². The lowest BCUT2D eigenvalue weighted by molar-refractivity contribution is 0.231. The van der Waals surface area contributed by atoms with E-state index in [0.29, 0.717) is 19.7 Å². The first-order chi connectivity index (χ1) is 9.40. The molecule has 2 amide bonds. The van der Waals surface area contributed by atoms with Crippen LogP contribution in [-0.4, -0.2) is 32.8 Å². The van der Waals surface area contributed by atoms with Gasteiger partial charge in [-0.05, 0) is 29.7 Å². The fourth-order valence-corrected chi connectivity index (χ4v) is 1.41. The fraction of sp³-hybridized carbons (Fsp3) is 0.533. The molecular weight excluding hydrogens is 256 g/mol. The molecule has 5 heteroatoms. The van der Waals surface area contributed by atoms with Crippen molar-refractivity contribution >= 4 is 6.03 Å². The maximum atomic E-state index is 11.5. The summed E-state index contributed by atoms with van der Waals surface area (Å²) in [6.45, 7) is 7.73. The topological polar surface area (TPSA) is 59.6 Å². The Morgan fingerprint density at radius 3 is 2.25 bits per heavy atom. The van der Waals surface area contributed by atoms with E-state index in [1.165, 1.54) is 0 Å². The van der Waals surface area contributed by atoms with Gasteiger partial charge in [0.25, 0.3) is 0 Å². The number of carbonyl (C=O) groups excluding carboxylic acids is 1. The van der Waals surface area contributed by atoms with Crippen LogP contribution >= 0.6 is 0 Å². The number of urea groups is 1. The number of carbonyl (C=O) groups is 1. The quantitative estimate of drug-likeness (QED) is 0.787. The van der Waals surface area contributed by atoms with Crippen LogP contribution in [-0.2, 0) is 0 Å². The van der Waals surface area contributed by atoms with Crippen molar-refractivity contribution in [3.05, 3.63) is 24.3 Å². The molecule has 0 saturated heterocycles. The Hall–Kier alpha value is -1.91. The normalized spacial score (nSPS) is 10.8. The largest absolute Gasteiger partial charge is 0.497 e. The Balaban J connectivity index is 2.16. The zero-order valence-corrected chi connectivity index (χ0v) is 12.7. The fourth-order valence-electron chi connectivity index (χ4n) is 1.41. The van der Waals surface area contributed by atoms with Crippen molar-refractivity contribution in [2.45, 2.75) is 20.8 Å². The summed E-state index contributed by atoms with van der Waals surface area (Å²) in [6.07, 6.45) is 0. The predicted molar refractivity (Wildman–Crippen MR) is 79.3 cm³/mol. The number of hydrogen-bond acceptors (Lipinski definition) is 3. The highest BCUT2D eigenvalue weighted by Gasteiger charge is 2.11. The average molecular weight is 280 g/mol. The molecule has 0 spiro atoms. The Bertz CT molecular complexity index is 410. The van der Waals surface area contributed by atoms with Crippen LogP contribution in [0, 0.1) is 5.41 Å². The van der Waals surface area contributed by atoms with Crippen molar-refractivity contribution in [3.8, 4) is 11.5 Å². The van der Waals surface area contributed by atoms with E-state index in [4.69, 9.17) is 9.47 Å². The zero-order valence-electron chi connectivity index (χ0n) is 12.7. The summed E-state index contributed by atoms with van der Waals surface area (Å²) in [5.41, 5.74) is 0.0803. The van der Waals surface area contributed by atoms with Crippen molar-refractivity contribution in [3.63, 3.8) is 0 Å². The van der Waals surface area contributed by atoms with Gasteiger partial charge in [-0.2, -0.15) is 0 Å². The molecule has 0 atom stereocenters. The van der Waals surface area contributed by atoms with Crippen LogP contribution < -0.4 is 20.1 Å². The summed E-state index contributed by atoms with van der Waals surface area (Å²) in [4.78, 5) is 11.5. The lowest BCUT2D eigenvalue weighted by atomic mass is 9.97. The molecule has 0 bridgehead atoms. The maximum absolute atomic E-state index is 11.5. The molecule has 1 rings (SSSR count). The van der Waals surface area contributed by atoms with E-state index in [1.807, 2.05) is 24.3 Å². The Morgan fingerprint density at radius 1 is 1.10 bits per heavy atom. The maximum Gasteiger partial charge on any atom is 0.314 e. The summed E-state index contributed by atoms with van der Waals surface area (Å²) in [6, 6.07) is 7.16. The zero-order chi connectivity index (χ0) is 15.0. The molecular formula is C15H24N2O3. The minimum atomic E-state index is -0.168. The van der Waals surface area contributed by atoms with E-state index in [2.05, 4.69) is 31.4 Å². The van der Waals surface area contributed by atoms with Gasteiger partial charge in [0.05, 0.1) is 13.7 Å². The number of rotatable bonds is 6. The third-order valence-corrected chi connectivity index (χ3v) is 2.50. The van der Waals surface area contributed by atoms with Gasteiger partial charge in [0.2, 0.25) is 0 Å². The van der Waals surface area contributed by atoms with Crippen LogP contribution in [0.2, 0.25) is 0 Å². The number of benzene rings is 1. The standard InChI is InChI=1S/C15H24N2O3/c1-15(2,3)11-17-14(18)16-9-10-20-13-7-5-12(19-4)6-8-13/h5-8H,9-11H2,1-4H3,(H2,16,17,18). The molecule has 0 heterocycles. The number of hydrogen-bond donors (Lipinski definition) is 2. The van der Waals surface area contributed by atoms with Crippen LogP contribution in [0.4, 0.5) is 4.79 Å². The highest BCUT2D eigenvalue weighted by molar-refractivity contribution is 5.73. The third kappa shape index (κ3) is 6.87. The molecule has 5 nitrogen and oxygen atoms in total. The molecule has 1 aromatic carbocycles. The van der Waals surface area contributed by atoms with Crippen molar-refractivity contribution in [1.82, 2.24) is 10.6 Å². The minimum Gasteiger partial charge on any atom is -0.497 e. The second kappa shape index (κ2) is 7.62. The lowest BCUT2D eigenvalue weighted by Gasteiger charge is -2.18. The monoisotopic (exact) mass is 280 g/mol. The SMILES string of the molecule is COc1ccc(OCCNC(=O)NCC(C)(C)C)cc1. The lowest BCUT2D eigenvalue weighted by Crippen LogP contribution is -2.41. The van der Waals surface area contributed by atoms with E-state index >= 15 is 0 Å². The van der Waals surface area contributed by atoms with Crippen LogP contribution in [0.3, 0.4) is 0 Å². The summed E-state index contributed by atoms with van der Waals surface area (Å²) in [5, 5.41) is 5.56. The van der Waals surface area contributed by atoms with Crippen molar-refractivity contribution < 1.29 is 14.3 Å². The molecule has 0 radical (unpaired) electrons. The van der Waals surface area contributed by atoms with Gasteiger partial charge < -0.3 is 20.1 Å². The van der Waals surface area contributed by atoms with Gasteiger partial charge in [-0.1, -0.05) is 20.8 Å². The molecule has 0 saturated carbocycles. The second-order valence-corrected chi connectivity index (χ2v) is 5.69. The van der Waals surface area contributed by atoms with Gasteiger partial charge in [0.1, 0.15) is 18.1 Å². The van der Waals surface area contributed by atoms with Gasteiger partial charge in [-0.3, -0.25) is 0 Å². The Kier molecular flexibility index (Phi) is 6.15. The highest BCUT2D eigenvalue weighted by Crippen LogP contribution is 2.16. The molecule has 0 aliphatic heterocycles. The Labute approximate surface area is 120 Å². The number of nitrogens with one attached hydrogen (secondary N) is 2. The molecule has 2 N–H and O–H groups in total. The highest BCUT2D eigenvalue weighted by atomic mass is 16.5. The molecule has 20 heavy (non-hydrogen) atoms.